The average Bonchev–Trinajstić information content (AvgIpc) is 2.39. The first-order chi connectivity index (χ1) is 9.77. The van der Waals surface area contributed by atoms with Crippen LogP contribution in [0.4, 0.5) is 11.6 Å². The van der Waals surface area contributed by atoms with Crippen LogP contribution in [0.2, 0.25) is 0 Å². The van der Waals surface area contributed by atoms with E-state index in [4.69, 9.17) is 5.73 Å². The van der Waals surface area contributed by atoms with E-state index >= 15 is 0 Å². The van der Waals surface area contributed by atoms with Crippen LogP contribution < -0.4 is 11.1 Å². The minimum Gasteiger partial charge on any atom is -0.383 e. The Kier molecular flexibility index (Phi) is 4.16. The molecule has 0 saturated carbocycles. The number of nitrogens with two attached hydrogens (primary N) is 1. The number of nitrogens with zero attached hydrogens (tertiary/aromatic N) is 2. The zero-order valence-corrected chi connectivity index (χ0v) is 13.5. The van der Waals surface area contributed by atoms with Crippen LogP contribution in [0.1, 0.15) is 43.3 Å². The van der Waals surface area contributed by atoms with Gasteiger partial charge in [0.1, 0.15) is 17.5 Å². The number of hydrogen-bond acceptors (Lipinski definition) is 4. The summed E-state index contributed by atoms with van der Waals surface area (Å²) in [5.41, 5.74) is 9.27. The average molecular weight is 284 g/mol. The van der Waals surface area contributed by atoms with Gasteiger partial charge in [-0.25, -0.2) is 9.97 Å². The Morgan fingerprint density at radius 3 is 2.48 bits per heavy atom. The molecule has 0 spiro atoms. The molecule has 1 aromatic heterocycles. The number of nitrogen functional groups attached to an aromatic ring is 1. The summed E-state index contributed by atoms with van der Waals surface area (Å²) in [7, 11) is 0. The number of benzene rings is 1. The molecule has 0 saturated heterocycles. The van der Waals surface area contributed by atoms with Gasteiger partial charge in [0.2, 0.25) is 0 Å². The smallest absolute Gasteiger partial charge is 0.138 e. The first kappa shape index (κ1) is 15.3. The summed E-state index contributed by atoms with van der Waals surface area (Å²) < 4.78 is 0. The van der Waals surface area contributed by atoms with Crippen molar-refractivity contribution < 1.29 is 0 Å². The fraction of sp³-hybridized carbons (Fsp3) is 0.412. The Bertz CT molecular complexity index is 642. The van der Waals surface area contributed by atoms with Crippen LogP contribution in [0.15, 0.2) is 24.3 Å². The fourth-order valence-corrected chi connectivity index (χ4v) is 2.05. The Labute approximate surface area is 126 Å². The second kappa shape index (κ2) is 5.72. The molecule has 2 rings (SSSR count). The van der Waals surface area contributed by atoms with Gasteiger partial charge >= 0.3 is 0 Å². The van der Waals surface area contributed by atoms with Crippen molar-refractivity contribution in [3.63, 3.8) is 0 Å². The molecule has 0 bridgehead atoms. The van der Waals surface area contributed by atoms with E-state index in [1.807, 2.05) is 6.92 Å². The van der Waals surface area contributed by atoms with E-state index in [-0.39, 0.29) is 5.41 Å². The van der Waals surface area contributed by atoms with Gasteiger partial charge in [0, 0.05) is 17.5 Å². The molecular weight excluding hydrogens is 260 g/mol. The van der Waals surface area contributed by atoms with Gasteiger partial charge < -0.3 is 11.1 Å². The van der Waals surface area contributed by atoms with Crippen LogP contribution in [0.5, 0.6) is 0 Å². The van der Waals surface area contributed by atoms with Crippen molar-refractivity contribution in [2.75, 3.05) is 11.1 Å². The molecule has 0 amide bonds. The highest BCUT2D eigenvalue weighted by Gasteiger charge is 2.20. The normalized spacial score (nSPS) is 11.5. The summed E-state index contributed by atoms with van der Waals surface area (Å²) in [6.07, 6.45) is 0. The minimum absolute atomic E-state index is 0.123. The van der Waals surface area contributed by atoms with Crippen molar-refractivity contribution in [3.8, 4) is 0 Å². The highest BCUT2D eigenvalue weighted by atomic mass is 15.1. The predicted molar refractivity (Wildman–Crippen MR) is 88.4 cm³/mol. The fourth-order valence-electron chi connectivity index (χ4n) is 2.05. The number of anilines is 2. The van der Waals surface area contributed by atoms with Gasteiger partial charge in [-0.2, -0.15) is 0 Å². The molecule has 0 fully saturated rings. The third-order valence-electron chi connectivity index (χ3n) is 3.40. The molecule has 3 N–H and O–H groups in total. The quantitative estimate of drug-likeness (QED) is 0.904. The molecule has 0 aliphatic carbocycles. The highest BCUT2D eigenvalue weighted by molar-refractivity contribution is 5.55. The van der Waals surface area contributed by atoms with Crippen molar-refractivity contribution in [3.05, 3.63) is 46.8 Å². The maximum absolute atomic E-state index is 6.02. The summed E-state index contributed by atoms with van der Waals surface area (Å²) in [5.74, 6) is 2.12. The van der Waals surface area contributed by atoms with E-state index in [9.17, 15) is 0 Å². The highest BCUT2D eigenvalue weighted by Crippen LogP contribution is 2.25. The number of rotatable bonds is 3. The largest absolute Gasteiger partial charge is 0.383 e. The zero-order chi connectivity index (χ0) is 15.6. The third kappa shape index (κ3) is 3.72. The summed E-state index contributed by atoms with van der Waals surface area (Å²) >= 11 is 0. The van der Waals surface area contributed by atoms with E-state index in [1.165, 1.54) is 11.1 Å². The topological polar surface area (TPSA) is 63.8 Å². The molecule has 112 valence electrons. The lowest BCUT2D eigenvalue weighted by Gasteiger charge is -2.20. The summed E-state index contributed by atoms with van der Waals surface area (Å²) in [4.78, 5) is 9.04. The molecule has 21 heavy (non-hydrogen) atoms. The Morgan fingerprint density at radius 1 is 1.14 bits per heavy atom. The Hall–Kier alpha value is -2.10. The number of aryl methyl sites for hydroxylation is 1. The maximum atomic E-state index is 6.02. The molecule has 0 atom stereocenters. The molecule has 1 heterocycles. The van der Waals surface area contributed by atoms with Crippen molar-refractivity contribution >= 4 is 11.6 Å². The van der Waals surface area contributed by atoms with Crippen LogP contribution in [0.3, 0.4) is 0 Å². The van der Waals surface area contributed by atoms with Crippen LogP contribution in [0.25, 0.3) is 0 Å². The molecule has 1 aromatic carbocycles. The van der Waals surface area contributed by atoms with E-state index < -0.39 is 0 Å². The van der Waals surface area contributed by atoms with Crippen molar-refractivity contribution in [1.82, 2.24) is 9.97 Å². The number of nitrogens with one attached hydrogen (secondary N) is 1. The maximum Gasteiger partial charge on any atom is 0.138 e. The van der Waals surface area contributed by atoms with Crippen LogP contribution in [-0.2, 0) is 12.0 Å². The van der Waals surface area contributed by atoms with Crippen LogP contribution in [-0.4, -0.2) is 9.97 Å². The van der Waals surface area contributed by atoms with Gasteiger partial charge in [0.25, 0.3) is 0 Å². The second-order valence-corrected chi connectivity index (χ2v) is 6.50. The second-order valence-electron chi connectivity index (χ2n) is 6.50. The third-order valence-corrected chi connectivity index (χ3v) is 3.40. The lowest BCUT2D eigenvalue weighted by Crippen LogP contribution is -2.19. The zero-order valence-electron chi connectivity index (χ0n) is 13.5. The molecule has 4 heteroatoms. The number of hydrogen-bond donors (Lipinski definition) is 2. The first-order valence-corrected chi connectivity index (χ1v) is 7.21. The van der Waals surface area contributed by atoms with Crippen molar-refractivity contribution in [1.29, 1.82) is 0 Å². The van der Waals surface area contributed by atoms with Gasteiger partial charge in [0.15, 0.2) is 0 Å². The molecule has 2 aromatic rings. The van der Waals surface area contributed by atoms with Gasteiger partial charge in [-0.1, -0.05) is 50.6 Å². The Balaban J connectivity index is 2.25. The van der Waals surface area contributed by atoms with Crippen LogP contribution >= 0.6 is 0 Å². The molecule has 0 aliphatic heterocycles. The molecular formula is C17H24N4. The lowest BCUT2D eigenvalue weighted by atomic mass is 9.95. The predicted octanol–water partition coefficient (Wildman–Crippen LogP) is 3.59. The van der Waals surface area contributed by atoms with Crippen molar-refractivity contribution in [2.45, 2.75) is 46.6 Å². The van der Waals surface area contributed by atoms with E-state index in [0.717, 1.165) is 23.8 Å². The van der Waals surface area contributed by atoms with Gasteiger partial charge in [-0.15, -0.1) is 0 Å². The van der Waals surface area contributed by atoms with Crippen molar-refractivity contribution in [2.24, 2.45) is 0 Å². The molecule has 0 unspecified atom stereocenters. The summed E-state index contributed by atoms with van der Waals surface area (Å²) in [6.45, 7) is 11.0. The van der Waals surface area contributed by atoms with E-state index in [0.29, 0.717) is 5.82 Å². The summed E-state index contributed by atoms with van der Waals surface area (Å²) in [6, 6.07) is 8.42. The SMILES string of the molecule is Cc1cccc(CNc2nc(C(C)(C)C)nc(N)c2C)c1. The van der Waals surface area contributed by atoms with Crippen LogP contribution in [0, 0.1) is 13.8 Å². The van der Waals surface area contributed by atoms with E-state index in [1.54, 1.807) is 0 Å². The van der Waals surface area contributed by atoms with Gasteiger partial charge in [-0.05, 0) is 19.4 Å². The first-order valence-electron chi connectivity index (χ1n) is 7.21. The van der Waals surface area contributed by atoms with Gasteiger partial charge in [0.05, 0.1) is 0 Å². The minimum atomic E-state index is -0.123. The molecule has 4 nitrogen and oxygen atoms in total. The molecule has 0 radical (unpaired) electrons. The molecule has 0 aliphatic rings. The summed E-state index contributed by atoms with van der Waals surface area (Å²) in [5, 5.41) is 3.38. The van der Waals surface area contributed by atoms with E-state index in [2.05, 4.69) is 67.2 Å². The number of aromatic nitrogens is 2. The Morgan fingerprint density at radius 2 is 1.86 bits per heavy atom. The lowest BCUT2D eigenvalue weighted by molar-refractivity contribution is 0.546. The standard InChI is InChI=1S/C17H24N4/c1-11-7-6-8-13(9-11)10-19-15-12(2)14(18)20-16(21-15)17(3,4)5/h6-9H,10H2,1-5H3,(H3,18,19,20,21). The monoisotopic (exact) mass is 284 g/mol. The van der Waals surface area contributed by atoms with Gasteiger partial charge in [-0.3, -0.25) is 0 Å².